The fraction of sp³-hybridized carbons (Fsp3) is 0.423. The highest BCUT2D eigenvalue weighted by molar-refractivity contribution is 6.32. The van der Waals surface area contributed by atoms with Crippen LogP contribution in [-0.2, 0) is 16.1 Å². The zero-order chi connectivity index (χ0) is 25.2. The van der Waals surface area contributed by atoms with E-state index in [1.54, 1.807) is 12.1 Å². The molecule has 0 unspecified atom stereocenters. The molecule has 2 heterocycles. The average Bonchev–Trinajstić information content (AvgIpc) is 3.16. The number of benzene rings is 2. The molecule has 1 aliphatic rings. The Bertz CT molecular complexity index is 1200. The molecular weight excluding hydrogens is 470 g/mol. The molecular formula is C26H30ClN3O5. The van der Waals surface area contributed by atoms with Gasteiger partial charge in [-0.2, -0.15) is 4.98 Å². The van der Waals surface area contributed by atoms with Gasteiger partial charge in [0.05, 0.1) is 17.7 Å². The van der Waals surface area contributed by atoms with Crippen LogP contribution >= 0.6 is 11.6 Å². The molecule has 35 heavy (non-hydrogen) atoms. The lowest BCUT2D eigenvalue weighted by molar-refractivity contribution is -0.156. The highest BCUT2D eigenvalue weighted by Gasteiger charge is 2.23. The third kappa shape index (κ3) is 6.52. The van der Waals surface area contributed by atoms with Crippen LogP contribution in [0.2, 0.25) is 5.02 Å². The number of hydrogen-bond donors (Lipinski definition) is 0. The smallest absolute Gasteiger partial charge is 0.320 e. The zero-order valence-corrected chi connectivity index (χ0v) is 21.4. The molecule has 0 atom stereocenters. The number of carbonyl (C=O) groups excluding carboxylic acids is 1. The zero-order valence-electron chi connectivity index (χ0n) is 20.6. The van der Waals surface area contributed by atoms with E-state index in [0.29, 0.717) is 47.7 Å². The van der Waals surface area contributed by atoms with Crippen LogP contribution in [0.3, 0.4) is 0 Å². The number of rotatable bonds is 6. The highest BCUT2D eigenvalue weighted by Crippen LogP contribution is 2.33. The summed E-state index contributed by atoms with van der Waals surface area (Å²) < 4.78 is 22.6. The van der Waals surface area contributed by atoms with E-state index < -0.39 is 5.60 Å². The highest BCUT2D eigenvalue weighted by atomic mass is 35.5. The number of fused-ring (bicyclic) bond motifs is 1. The largest absolute Gasteiger partial charge is 0.492 e. The normalized spacial score (nSPS) is 14.3. The van der Waals surface area contributed by atoms with Crippen LogP contribution < -0.4 is 9.47 Å². The number of nitrogens with zero attached hydrogens (tertiary/aromatic N) is 3. The molecule has 186 valence electrons. The van der Waals surface area contributed by atoms with Crippen molar-refractivity contribution < 1.29 is 23.5 Å². The number of hydrogen-bond acceptors (Lipinski definition) is 8. The summed E-state index contributed by atoms with van der Waals surface area (Å²) in [6.07, 6.45) is 0.0215. The standard InChI is InChI=1S/C26H30ClN3O5/c1-16(2)33-21-9-8-18(12-20(21)27)25-28-24(29-35-25)17-6-7-19-14-30(10-11-32-22(19)13-17)15-23(31)34-26(3,4)5/h6-9,12-13,16H,10-11,14-15H2,1-5H3. The monoisotopic (exact) mass is 499 g/mol. The van der Waals surface area contributed by atoms with E-state index in [2.05, 4.69) is 10.1 Å². The average molecular weight is 500 g/mol. The topological polar surface area (TPSA) is 86.9 Å². The molecule has 8 nitrogen and oxygen atoms in total. The van der Waals surface area contributed by atoms with Gasteiger partial charge < -0.3 is 18.7 Å². The first-order valence-electron chi connectivity index (χ1n) is 11.6. The maximum absolute atomic E-state index is 12.2. The van der Waals surface area contributed by atoms with Crippen molar-refractivity contribution in [2.24, 2.45) is 0 Å². The summed E-state index contributed by atoms with van der Waals surface area (Å²) >= 11 is 6.35. The molecule has 0 amide bonds. The number of carbonyl (C=O) groups is 1. The second-order valence-electron chi connectivity index (χ2n) is 9.70. The Morgan fingerprint density at radius 3 is 2.66 bits per heavy atom. The summed E-state index contributed by atoms with van der Waals surface area (Å²) in [5.41, 5.74) is 1.94. The number of aromatic nitrogens is 2. The second-order valence-corrected chi connectivity index (χ2v) is 10.1. The summed E-state index contributed by atoms with van der Waals surface area (Å²) in [4.78, 5) is 18.8. The van der Waals surface area contributed by atoms with Gasteiger partial charge in [-0.3, -0.25) is 9.69 Å². The van der Waals surface area contributed by atoms with Crippen molar-refractivity contribution in [3.8, 4) is 34.3 Å². The molecule has 0 N–H and O–H groups in total. The molecule has 0 bridgehead atoms. The Morgan fingerprint density at radius 1 is 1.17 bits per heavy atom. The molecule has 2 aromatic carbocycles. The fourth-order valence-electron chi connectivity index (χ4n) is 3.70. The predicted molar refractivity (Wildman–Crippen MR) is 133 cm³/mol. The molecule has 1 aliphatic heterocycles. The summed E-state index contributed by atoms with van der Waals surface area (Å²) in [5, 5.41) is 4.61. The van der Waals surface area contributed by atoms with Gasteiger partial charge in [0.1, 0.15) is 23.7 Å². The van der Waals surface area contributed by atoms with Gasteiger partial charge in [-0.15, -0.1) is 0 Å². The van der Waals surface area contributed by atoms with E-state index in [9.17, 15) is 4.79 Å². The SMILES string of the molecule is CC(C)Oc1ccc(-c2nc(-c3ccc4c(c3)OCCN(CC(=O)OC(C)(C)C)C4)no2)cc1Cl. The van der Waals surface area contributed by atoms with Crippen LogP contribution in [0.1, 0.15) is 40.2 Å². The van der Waals surface area contributed by atoms with Crippen LogP contribution in [-0.4, -0.2) is 52.4 Å². The van der Waals surface area contributed by atoms with Crippen molar-refractivity contribution in [2.45, 2.75) is 52.9 Å². The number of esters is 1. The quantitative estimate of drug-likeness (QED) is 0.418. The van der Waals surface area contributed by atoms with Crippen LogP contribution in [0.25, 0.3) is 22.8 Å². The van der Waals surface area contributed by atoms with Gasteiger partial charge in [0.2, 0.25) is 5.82 Å². The van der Waals surface area contributed by atoms with Gasteiger partial charge in [-0.25, -0.2) is 0 Å². The first-order valence-corrected chi connectivity index (χ1v) is 12.0. The van der Waals surface area contributed by atoms with Crippen molar-refractivity contribution >= 4 is 17.6 Å². The van der Waals surface area contributed by atoms with Crippen LogP contribution in [0.5, 0.6) is 11.5 Å². The molecule has 0 saturated carbocycles. The maximum atomic E-state index is 12.2. The van der Waals surface area contributed by atoms with E-state index in [4.69, 9.17) is 30.3 Å². The summed E-state index contributed by atoms with van der Waals surface area (Å²) in [7, 11) is 0. The minimum atomic E-state index is -0.509. The third-order valence-electron chi connectivity index (χ3n) is 5.12. The van der Waals surface area contributed by atoms with Crippen molar-refractivity contribution in [3.63, 3.8) is 0 Å². The molecule has 0 radical (unpaired) electrons. The first-order chi connectivity index (χ1) is 16.6. The lowest BCUT2D eigenvalue weighted by Crippen LogP contribution is -2.35. The van der Waals surface area contributed by atoms with Gasteiger partial charge in [0, 0.05) is 29.8 Å². The Kier molecular flexibility index (Phi) is 7.33. The molecule has 4 rings (SSSR count). The summed E-state index contributed by atoms with van der Waals surface area (Å²) in [6.45, 7) is 11.3. The molecule has 0 fully saturated rings. The Morgan fingerprint density at radius 2 is 1.94 bits per heavy atom. The van der Waals surface area contributed by atoms with E-state index in [0.717, 1.165) is 16.9 Å². The molecule has 0 spiro atoms. The summed E-state index contributed by atoms with van der Waals surface area (Å²) in [5.74, 6) is 1.89. The van der Waals surface area contributed by atoms with E-state index in [1.165, 1.54) is 0 Å². The Balaban J connectivity index is 1.48. The third-order valence-corrected chi connectivity index (χ3v) is 5.42. The molecule has 0 aliphatic carbocycles. The Hall–Kier alpha value is -3.10. The number of halogens is 1. The van der Waals surface area contributed by atoms with Crippen LogP contribution in [0, 0.1) is 0 Å². The van der Waals surface area contributed by atoms with Crippen molar-refractivity contribution in [2.75, 3.05) is 19.7 Å². The van der Waals surface area contributed by atoms with Crippen molar-refractivity contribution in [3.05, 3.63) is 47.0 Å². The minimum Gasteiger partial charge on any atom is -0.492 e. The van der Waals surface area contributed by atoms with Crippen molar-refractivity contribution in [1.29, 1.82) is 0 Å². The minimum absolute atomic E-state index is 0.0215. The lowest BCUT2D eigenvalue weighted by atomic mass is 10.1. The summed E-state index contributed by atoms with van der Waals surface area (Å²) in [6, 6.07) is 11.1. The molecule has 3 aromatic rings. The molecule has 9 heteroatoms. The van der Waals surface area contributed by atoms with Gasteiger partial charge in [-0.05, 0) is 58.9 Å². The predicted octanol–water partition coefficient (Wildman–Crippen LogP) is 5.38. The van der Waals surface area contributed by atoms with Gasteiger partial charge in [-0.1, -0.05) is 28.9 Å². The van der Waals surface area contributed by atoms with E-state index in [-0.39, 0.29) is 18.6 Å². The fourth-order valence-corrected chi connectivity index (χ4v) is 3.92. The Labute approximate surface area is 210 Å². The molecule has 0 saturated heterocycles. The van der Waals surface area contributed by atoms with Gasteiger partial charge in [0.25, 0.3) is 5.89 Å². The van der Waals surface area contributed by atoms with Gasteiger partial charge in [0.15, 0.2) is 0 Å². The second kappa shape index (κ2) is 10.3. The van der Waals surface area contributed by atoms with Crippen LogP contribution in [0.15, 0.2) is 40.9 Å². The first kappa shape index (κ1) is 25.0. The van der Waals surface area contributed by atoms with Crippen molar-refractivity contribution in [1.82, 2.24) is 15.0 Å². The van der Waals surface area contributed by atoms with Crippen LogP contribution in [0.4, 0.5) is 0 Å². The van der Waals surface area contributed by atoms with E-state index in [1.807, 2.05) is 63.8 Å². The van der Waals surface area contributed by atoms with E-state index >= 15 is 0 Å². The number of ether oxygens (including phenoxy) is 3. The lowest BCUT2D eigenvalue weighted by Gasteiger charge is -2.23. The molecule has 1 aromatic heterocycles. The maximum Gasteiger partial charge on any atom is 0.320 e. The van der Waals surface area contributed by atoms with Gasteiger partial charge >= 0.3 is 5.97 Å².